The first-order valence-corrected chi connectivity index (χ1v) is 8.72. The van der Waals surface area contributed by atoms with E-state index >= 15 is 0 Å². The van der Waals surface area contributed by atoms with Gasteiger partial charge in [-0.05, 0) is 49.6 Å². The van der Waals surface area contributed by atoms with Gasteiger partial charge in [0, 0.05) is 5.69 Å². The molecule has 0 aliphatic carbocycles. The lowest BCUT2D eigenvalue weighted by molar-refractivity contribution is -0.148. The number of nitrogens with zero attached hydrogens (tertiary/aromatic N) is 1. The van der Waals surface area contributed by atoms with Crippen molar-refractivity contribution >= 4 is 23.6 Å². The SMILES string of the molecule is CCc1ccc(NC(=O)[C@@H](C)OC(=O)/C(C#N)=C/c2ccc(C)cc2)cc1. The van der Waals surface area contributed by atoms with E-state index in [1.54, 1.807) is 24.3 Å². The summed E-state index contributed by atoms with van der Waals surface area (Å²) in [4.78, 5) is 24.4. The maximum atomic E-state index is 12.2. The van der Waals surface area contributed by atoms with Gasteiger partial charge in [-0.15, -0.1) is 0 Å². The largest absolute Gasteiger partial charge is 0.448 e. The fourth-order valence-electron chi connectivity index (χ4n) is 2.31. The number of amides is 1. The molecule has 0 heterocycles. The molecule has 0 spiro atoms. The number of aryl methyl sites for hydroxylation is 2. The average molecular weight is 362 g/mol. The van der Waals surface area contributed by atoms with E-state index in [-0.39, 0.29) is 5.57 Å². The minimum Gasteiger partial charge on any atom is -0.448 e. The fraction of sp³-hybridized carbons (Fsp3) is 0.227. The Bertz CT molecular complexity index is 875. The van der Waals surface area contributed by atoms with Crippen LogP contribution >= 0.6 is 0 Å². The highest BCUT2D eigenvalue weighted by Gasteiger charge is 2.20. The summed E-state index contributed by atoms with van der Waals surface area (Å²) in [5.74, 6) is -1.29. The van der Waals surface area contributed by atoms with Crippen molar-refractivity contribution in [2.24, 2.45) is 0 Å². The van der Waals surface area contributed by atoms with E-state index in [9.17, 15) is 14.9 Å². The van der Waals surface area contributed by atoms with Gasteiger partial charge in [-0.1, -0.05) is 48.9 Å². The van der Waals surface area contributed by atoms with Gasteiger partial charge in [0.05, 0.1) is 0 Å². The summed E-state index contributed by atoms with van der Waals surface area (Å²) in [6.07, 6.45) is 1.32. The molecule has 0 unspecified atom stereocenters. The van der Waals surface area contributed by atoms with Crippen LogP contribution in [0.2, 0.25) is 0 Å². The number of ether oxygens (including phenoxy) is 1. The summed E-state index contributed by atoms with van der Waals surface area (Å²) < 4.78 is 5.14. The summed E-state index contributed by atoms with van der Waals surface area (Å²) in [6.45, 7) is 5.46. The Hall–Kier alpha value is -3.39. The van der Waals surface area contributed by atoms with Gasteiger partial charge >= 0.3 is 5.97 Å². The molecule has 0 saturated heterocycles. The van der Waals surface area contributed by atoms with Crippen molar-refractivity contribution in [1.29, 1.82) is 5.26 Å². The number of rotatable bonds is 6. The Morgan fingerprint density at radius 2 is 1.78 bits per heavy atom. The number of anilines is 1. The van der Waals surface area contributed by atoms with Crippen molar-refractivity contribution in [2.75, 3.05) is 5.32 Å². The van der Waals surface area contributed by atoms with Gasteiger partial charge in [0.1, 0.15) is 11.6 Å². The molecular weight excluding hydrogens is 340 g/mol. The number of carbonyl (C=O) groups excluding carboxylic acids is 2. The van der Waals surface area contributed by atoms with Crippen molar-refractivity contribution in [3.05, 3.63) is 70.8 Å². The molecule has 5 heteroatoms. The molecule has 0 aliphatic rings. The topological polar surface area (TPSA) is 79.2 Å². The van der Waals surface area contributed by atoms with Gasteiger partial charge in [-0.2, -0.15) is 5.26 Å². The van der Waals surface area contributed by atoms with E-state index < -0.39 is 18.0 Å². The van der Waals surface area contributed by atoms with Crippen LogP contribution in [0.4, 0.5) is 5.69 Å². The standard InChI is InChI=1S/C22H22N2O3/c1-4-17-9-11-20(12-10-17)24-21(25)16(3)27-22(26)19(14-23)13-18-7-5-15(2)6-8-18/h5-13,16H,4H2,1-3H3,(H,24,25)/b19-13+/t16-/m1/s1. The minimum atomic E-state index is -1.03. The number of hydrogen-bond acceptors (Lipinski definition) is 4. The highest BCUT2D eigenvalue weighted by Crippen LogP contribution is 2.13. The third kappa shape index (κ3) is 5.82. The number of esters is 1. The van der Waals surface area contributed by atoms with Crippen molar-refractivity contribution in [3.8, 4) is 6.07 Å². The molecule has 0 aromatic heterocycles. The lowest BCUT2D eigenvalue weighted by Crippen LogP contribution is -2.30. The lowest BCUT2D eigenvalue weighted by Gasteiger charge is -2.13. The molecule has 0 aliphatic heterocycles. The number of hydrogen-bond donors (Lipinski definition) is 1. The van der Waals surface area contributed by atoms with Gasteiger partial charge in [-0.25, -0.2) is 4.79 Å². The first-order valence-electron chi connectivity index (χ1n) is 8.72. The summed E-state index contributed by atoms with van der Waals surface area (Å²) >= 11 is 0. The summed E-state index contributed by atoms with van der Waals surface area (Å²) in [7, 11) is 0. The van der Waals surface area contributed by atoms with Crippen LogP contribution in [0.25, 0.3) is 6.08 Å². The highest BCUT2D eigenvalue weighted by atomic mass is 16.5. The smallest absolute Gasteiger partial charge is 0.349 e. The number of nitriles is 1. The van der Waals surface area contributed by atoms with Gasteiger partial charge in [0.2, 0.25) is 0 Å². The van der Waals surface area contributed by atoms with Crippen LogP contribution in [0, 0.1) is 18.3 Å². The zero-order valence-electron chi connectivity index (χ0n) is 15.7. The molecule has 0 saturated carbocycles. The maximum absolute atomic E-state index is 12.2. The molecule has 2 rings (SSSR count). The molecule has 1 N–H and O–H groups in total. The predicted molar refractivity (Wildman–Crippen MR) is 105 cm³/mol. The Labute approximate surface area is 159 Å². The van der Waals surface area contributed by atoms with Gasteiger partial charge < -0.3 is 10.1 Å². The van der Waals surface area contributed by atoms with E-state index in [0.717, 1.165) is 17.5 Å². The quantitative estimate of drug-likeness (QED) is 0.478. The molecule has 2 aromatic carbocycles. The van der Waals surface area contributed by atoms with Crippen LogP contribution in [0.15, 0.2) is 54.1 Å². The Balaban J connectivity index is 2.00. The second-order valence-corrected chi connectivity index (χ2v) is 6.17. The van der Waals surface area contributed by atoms with E-state index in [1.165, 1.54) is 13.0 Å². The van der Waals surface area contributed by atoms with Crippen LogP contribution in [-0.4, -0.2) is 18.0 Å². The van der Waals surface area contributed by atoms with Crippen LogP contribution in [0.1, 0.15) is 30.5 Å². The van der Waals surface area contributed by atoms with Gasteiger partial charge in [0.15, 0.2) is 6.10 Å². The molecule has 1 atom stereocenters. The Morgan fingerprint density at radius 1 is 1.15 bits per heavy atom. The van der Waals surface area contributed by atoms with E-state index in [0.29, 0.717) is 11.3 Å². The van der Waals surface area contributed by atoms with Crippen LogP contribution in [0.5, 0.6) is 0 Å². The van der Waals surface area contributed by atoms with Crippen molar-refractivity contribution in [1.82, 2.24) is 0 Å². The molecular formula is C22H22N2O3. The summed E-state index contributed by atoms with van der Waals surface area (Å²) in [6, 6.07) is 16.6. The normalized spacial score (nSPS) is 12.0. The minimum absolute atomic E-state index is 0.161. The number of carbonyl (C=O) groups is 2. The fourth-order valence-corrected chi connectivity index (χ4v) is 2.31. The van der Waals surface area contributed by atoms with Crippen molar-refractivity contribution in [2.45, 2.75) is 33.3 Å². The van der Waals surface area contributed by atoms with Gasteiger partial charge in [0.25, 0.3) is 5.91 Å². The van der Waals surface area contributed by atoms with Gasteiger partial charge in [-0.3, -0.25) is 4.79 Å². The molecule has 5 nitrogen and oxygen atoms in total. The van der Waals surface area contributed by atoms with Crippen LogP contribution in [-0.2, 0) is 20.7 Å². The highest BCUT2D eigenvalue weighted by molar-refractivity contribution is 6.01. The zero-order chi connectivity index (χ0) is 19.8. The monoisotopic (exact) mass is 362 g/mol. The second kappa shape index (κ2) is 9.35. The molecule has 27 heavy (non-hydrogen) atoms. The number of benzene rings is 2. The molecule has 2 aromatic rings. The summed E-state index contributed by atoms with van der Waals surface area (Å²) in [5.41, 5.74) is 3.40. The number of nitrogens with one attached hydrogen (secondary N) is 1. The first kappa shape index (κ1) is 19.9. The summed E-state index contributed by atoms with van der Waals surface area (Å²) in [5, 5.41) is 11.9. The van der Waals surface area contributed by atoms with Crippen LogP contribution < -0.4 is 5.32 Å². The Morgan fingerprint density at radius 3 is 2.33 bits per heavy atom. The third-order valence-electron chi connectivity index (χ3n) is 4.01. The van der Waals surface area contributed by atoms with Crippen molar-refractivity contribution in [3.63, 3.8) is 0 Å². The van der Waals surface area contributed by atoms with E-state index in [4.69, 9.17) is 4.74 Å². The van der Waals surface area contributed by atoms with E-state index in [1.807, 2.05) is 44.2 Å². The molecule has 0 bridgehead atoms. The third-order valence-corrected chi connectivity index (χ3v) is 4.01. The Kier molecular flexibility index (Phi) is 6.90. The zero-order valence-corrected chi connectivity index (χ0v) is 15.7. The predicted octanol–water partition coefficient (Wildman–Crippen LogP) is 4.03. The molecule has 1 amide bonds. The second-order valence-electron chi connectivity index (χ2n) is 6.17. The lowest BCUT2D eigenvalue weighted by atomic mass is 10.1. The molecule has 138 valence electrons. The van der Waals surface area contributed by atoms with E-state index in [2.05, 4.69) is 5.32 Å². The average Bonchev–Trinajstić information content (AvgIpc) is 2.67. The molecule has 0 radical (unpaired) electrons. The van der Waals surface area contributed by atoms with Crippen molar-refractivity contribution < 1.29 is 14.3 Å². The van der Waals surface area contributed by atoms with Crippen LogP contribution in [0.3, 0.4) is 0 Å². The molecule has 0 fully saturated rings. The maximum Gasteiger partial charge on any atom is 0.349 e. The first-order chi connectivity index (χ1) is 12.9.